The number of hydrogen-bond donors (Lipinski definition) is 1. The molecule has 0 saturated heterocycles. The third kappa shape index (κ3) is 2.66. The fourth-order valence-corrected chi connectivity index (χ4v) is 1.90. The first kappa shape index (κ1) is 12.5. The van der Waals surface area contributed by atoms with E-state index in [1.165, 1.54) is 0 Å². The summed E-state index contributed by atoms with van der Waals surface area (Å²) in [4.78, 5) is 0. The Bertz CT molecular complexity index is 598. The zero-order chi connectivity index (χ0) is 13.1. The topological polar surface area (TPSA) is 49.0 Å². The van der Waals surface area contributed by atoms with E-state index in [1.807, 2.05) is 26.0 Å². The van der Waals surface area contributed by atoms with Gasteiger partial charge in [-0.25, -0.2) is 0 Å². The third-order valence-electron chi connectivity index (χ3n) is 2.66. The van der Waals surface area contributed by atoms with E-state index in [0.717, 1.165) is 11.5 Å². The fourth-order valence-electron chi connectivity index (χ4n) is 1.72. The molecule has 92 valence electrons. The Balaban J connectivity index is 2.24. The number of hydrogen-bond acceptors (Lipinski definition) is 3. The van der Waals surface area contributed by atoms with Crippen LogP contribution >= 0.6 is 11.6 Å². The molecule has 0 aliphatic heterocycles. The van der Waals surface area contributed by atoms with Crippen LogP contribution < -0.4 is 5.32 Å². The average Bonchev–Trinajstić information content (AvgIpc) is 2.76. The molecule has 0 fully saturated rings. The van der Waals surface area contributed by atoms with Crippen molar-refractivity contribution >= 4 is 17.3 Å². The highest BCUT2D eigenvalue weighted by Gasteiger charge is 2.11. The zero-order valence-electron chi connectivity index (χ0n) is 10.2. The number of aryl methyl sites for hydroxylation is 1. The number of anilines is 1. The van der Waals surface area contributed by atoms with E-state index in [4.69, 9.17) is 21.3 Å². The second kappa shape index (κ2) is 5.16. The van der Waals surface area contributed by atoms with Crippen molar-refractivity contribution in [1.29, 1.82) is 5.26 Å². The number of halogens is 1. The number of rotatable bonds is 3. The van der Waals surface area contributed by atoms with Gasteiger partial charge in [0.05, 0.1) is 17.3 Å². The first-order chi connectivity index (χ1) is 8.60. The van der Waals surface area contributed by atoms with E-state index >= 15 is 0 Å². The van der Waals surface area contributed by atoms with E-state index in [0.29, 0.717) is 16.3 Å². The standard InChI is InChI=1S/C14H13ClN2O/c1-9-3-6-14(18-9)10(2)17-13-7-12(15)5-4-11(13)8-16/h3-7,10,17H,1-2H3. The molecule has 1 aromatic heterocycles. The Hall–Kier alpha value is -1.92. The monoisotopic (exact) mass is 260 g/mol. The minimum Gasteiger partial charge on any atom is -0.464 e. The molecule has 0 radical (unpaired) electrons. The lowest BCUT2D eigenvalue weighted by atomic mass is 10.1. The largest absolute Gasteiger partial charge is 0.464 e. The van der Waals surface area contributed by atoms with Crippen LogP contribution in [0.3, 0.4) is 0 Å². The van der Waals surface area contributed by atoms with Gasteiger partial charge in [0.1, 0.15) is 17.6 Å². The lowest BCUT2D eigenvalue weighted by molar-refractivity contribution is 0.467. The normalized spacial score (nSPS) is 11.9. The molecule has 3 nitrogen and oxygen atoms in total. The van der Waals surface area contributed by atoms with Gasteiger partial charge >= 0.3 is 0 Å². The predicted molar refractivity (Wildman–Crippen MR) is 71.6 cm³/mol. The molecule has 0 spiro atoms. The van der Waals surface area contributed by atoms with Gasteiger partial charge in [0, 0.05) is 5.02 Å². The van der Waals surface area contributed by atoms with Crippen molar-refractivity contribution in [2.75, 3.05) is 5.32 Å². The molecular formula is C14H13ClN2O. The Kier molecular flexibility index (Phi) is 3.59. The maximum atomic E-state index is 9.04. The maximum absolute atomic E-state index is 9.04. The van der Waals surface area contributed by atoms with Crippen molar-refractivity contribution in [2.24, 2.45) is 0 Å². The lowest BCUT2D eigenvalue weighted by Crippen LogP contribution is -2.06. The summed E-state index contributed by atoms with van der Waals surface area (Å²) in [5.74, 6) is 1.70. The van der Waals surface area contributed by atoms with Crippen LogP contribution in [0.4, 0.5) is 5.69 Å². The Morgan fingerprint density at radius 1 is 1.33 bits per heavy atom. The number of furan rings is 1. The molecule has 0 bridgehead atoms. The van der Waals surface area contributed by atoms with Crippen molar-refractivity contribution in [3.63, 3.8) is 0 Å². The average molecular weight is 261 g/mol. The van der Waals surface area contributed by atoms with E-state index < -0.39 is 0 Å². The van der Waals surface area contributed by atoms with Crippen molar-refractivity contribution in [1.82, 2.24) is 0 Å². The first-order valence-corrected chi connectivity index (χ1v) is 6.00. The van der Waals surface area contributed by atoms with E-state index in [1.54, 1.807) is 18.2 Å². The van der Waals surface area contributed by atoms with Crippen LogP contribution in [-0.4, -0.2) is 0 Å². The van der Waals surface area contributed by atoms with Crippen LogP contribution in [-0.2, 0) is 0 Å². The lowest BCUT2D eigenvalue weighted by Gasteiger charge is -2.14. The van der Waals surface area contributed by atoms with Crippen LogP contribution in [0.2, 0.25) is 5.02 Å². The number of nitriles is 1. The van der Waals surface area contributed by atoms with E-state index in [9.17, 15) is 0 Å². The van der Waals surface area contributed by atoms with Gasteiger partial charge in [-0.2, -0.15) is 5.26 Å². The minimum absolute atomic E-state index is 0.0238. The summed E-state index contributed by atoms with van der Waals surface area (Å²) < 4.78 is 5.54. The number of benzene rings is 1. The molecule has 0 aliphatic carbocycles. The molecule has 2 aromatic rings. The predicted octanol–water partition coefficient (Wildman–Crippen LogP) is 4.29. The molecular weight excluding hydrogens is 248 g/mol. The van der Waals surface area contributed by atoms with Crippen molar-refractivity contribution in [3.8, 4) is 6.07 Å². The second-order valence-electron chi connectivity index (χ2n) is 4.12. The molecule has 0 amide bonds. The summed E-state index contributed by atoms with van der Waals surface area (Å²) in [5, 5.41) is 12.9. The maximum Gasteiger partial charge on any atom is 0.126 e. The SMILES string of the molecule is Cc1ccc(C(C)Nc2cc(Cl)ccc2C#N)o1. The molecule has 0 saturated carbocycles. The van der Waals surface area contributed by atoms with Gasteiger partial charge in [0.15, 0.2) is 0 Å². The number of nitrogens with one attached hydrogen (secondary N) is 1. The summed E-state index contributed by atoms with van der Waals surface area (Å²) in [6, 6.07) is 11.1. The minimum atomic E-state index is -0.0238. The molecule has 1 heterocycles. The third-order valence-corrected chi connectivity index (χ3v) is 2.90. The number of nitrogens with zero attached hydrogens (tertiary/aromatic N) is 1. The second-order valence-corrected chi connectivity index (χ2v) is 4.55. The molecule has 2 rings (SSSR count). The Morgan fingerprint density at radius 2 is 2.11 bits per heavy atom. The van der Waals surface area contributed by atoms with Crippen LogP contribution in [0.25, 0.3) is 0 Å². The van der Waals surface area contributed by atoms with Gasteiger partial charge in [0.25, 0.3) is 0 Å². The summed E-state index contributed by atoms with van der Waals surface area (Å²) in [5.41, 5.74) is 1.28. The van der Waals surface area contributed by atoms with Crippen LogP contribution in [0.5, 0.6) is 0 Å². The van der Waals surface area contributed by atoms with Gasteiger partial charge in [-0.15, -0.1) is 0 Å². The van der Waals surface area contributed by atoms with Crippen molar-refractivity contribution < 1.29 is 4.42 Å². The van der Waals surface area contributed by atoms with Crippen molar-refractivity contribution in [2.45, 2.75) is 19.9 Å². The van der Waals surface area contributed by atoms with Gasteiger partial charge in [-0.1, -0.05) is 11.6 Å². The van der Waals surface area contributed by atoms with Crippen molar-refractivity contribution in [3.05, 3.63) is 52.4 Å². The Labute approximate surface area is 111 Å². The molecule has 0 aliphatic rings. The molecule has 1 N–H and O–H groups in total. The fraction of sp³-hybridized carbons (Fsp3) is 0.214. The highest BCUT2D eigenvalue weighted by molar-refractivity contribution is 6.30. The summed E-state index contributed by atoms with van der Waals surface area (Å²) in [6.07, 6.45) is 0. The quantitative estimate of drug-likeness (QED) is 0.896. The molecule has 1 unspecified atom stereocenters. The van der Waals surface area contributed by atoms with Crippen LogP contribution in [0.15, 0.2) is 34.7 Å². The summed E-state index contributed by atoms with van der Waals surface area (Å²) >= 11 is 5.93. The van der Waals surface area contributed by atoms with E-state index in [2.05, 4.69) is 11.4 Å². The smallest absolute Gasteiger partial charge is 0.126 e. The highest BCUT2D eigenvalue weighted by Crippen LogP contribution is 2.26. The van der Waals surface area contributed by atoms with Gasteiger partial charge in [-0.05, 0) is 44.2 Å². The van der Waals surface area contributed by atoms with Gasteiger partial charge in [-0.3, -0.25) is 0 Å². The van der Waals surface area contributed by atoms with Gasteiger partial charge in [0.2, 0.25) is 0 Å². The molecule has 4 heteroatoms. The van der Waals surface area contributed by atoms with E-state index in [-0.39, 0.29) is 6.04 Å². The van der Waals surface area contributed by atoms with Gasteiger partial charge < -0.3 is 9.73 Å². The van der Waals surface area contributed by atoms with Crippen LogP contribution in [0, 0.1) is 18.3 Å². The zero-order valence-corrected chi connectivity index (χ0v) is 11.0. The summed E-state index contributed by atoms with van der Waals surface area (Å²) in [6.45, 7) is 3.87. The highest BCUT2D eigenvalue weighted by atomic mass is 35.5. The molecule has 1 atom stereocenters. The van der Waals surface area contributed by atoms with Crippen LogP contribution in [0.1, 0.15) is 30.0 Å². The Morgan fingerprint density at radius 3 is 2.72 bits per heavy atom. The molecule has 1 aromatic carbocycles. The summed E-state index contributed by atoms with van der Waals surface area (Å²) in [7, 11) is 0. The first-order valence-electron chi connectivity index (χ1n) is 5.62. The molecule has 18 heavy (non-hydrogen) atoms.